The van der Waals surface area contributed by atoms with Crippen LogP contribution in [0.3, 0.4) is 0 Å². The first kappa shape index (κ1) is 19.3. The number of ether oxygens (including phenoxy) is 2. The van der Waals surface area contributed by atoms with E-state index in [4.69, 9.17) is 9.47 Å². The predicted molar refractivity (Wildman–Crippen MR) is 110 cm³/mol. The molecule has 0 aliphatic rings. The molecule has 0 aliphatic carbocycles. The Morgan fingerprint density at radius 1 is 1.14 bits per heavy atom. The van der Waals surface area contributed by atoms with E-state index in [2.05, 4.69) is 15.5 Å². The van der Waals surface area contributed by atoms with Gasteiger partial charge in [0.05, 0.1) is 30.5 Å². The highest BCUT2D eigenvalue weighted by atomic mass is 32.1. The van der Waals surface area contributed by atoms with Crippen LogP contribution in [0.2, 0.25) is 0 Å². The first-order valence-electron chi connectivity index (χ1n) is 8.25. The number of hydrazone groups is 1. The highest BCUT2D eigenvalue weighted by molar-refractivity contribution is 7.14. The van der Waals surface area contributed by atoms with Crippen LogP contribution in [-0.4, -0.2) is 29.8 Å². The molecular weight excluding hydrogens is 380 g/mol. The largest absolute Gasteiger partial charge is 0.493 e. The fourth-order valence-corrected chi connectivity index (χ4v) is 3.13. The van der Waals surface area contributed by atoms with Crippen LogP contribution in [-0.2, 0) is 0 Å². The van der Waals surface area contributed by atoms with Crippen molar-refractivity contribution in [3.8, 4) is 22.8 Å². The molecule has 144 valence electrons. The minimum absolute atomic E-state index is 0.0486. The van der Waals surface area contributed by atoms with Crippen molar-refractivity contribution in [2.45, 2.75) is 6.92 Å². The molecule has 0 unspecified atom stereocenters. The average Bonchev–Trinajstić information content (AvgIpc) is 3.20. The molecule has 3 rings (SSSR count). The van der Waals surface area contributed by atoms with Crippen LogP contribution in [0.4, 0.5) is 10.8 Å². The number of nitrogens with zero attached hydrogens (tertiary/aromatic N) is 3. The van der Waals surface area contributed by atoms with Crippen molar-refractivity contribution >= 4 is 27.9 Å². The summed E-state index contributed by atoms with van der Waals surface area (Å²) in [4.78, 5) is 14.8. The van der Waals surface area contributed by atoms with Gasteiger partial charge in [0.15, 0.2) is 11.5 Å². The fraction of sp³-hybridized carbons (Fsp3) is 0.158. The van der Waals surface area contributed by atoms with Gasteiger partial charge in [-0.05, 0) is 37.3 Å². The van der Waals surface area contributed by atoms with Crippen molar-refractivity contribution < 1.29 is 14.4 Å². The lowest BCUT2D eigenvalue weighted by Crippen LogP contribution is -2.01. The van der Waals surface area contributed by atoms with Gasteiger partial charge in [-0.2, -0.15) is 5.10 Å². The Kier molecular flexibility index (Phi) is 5.85. The quantitative estimate of drug-likeness (QED) is 0.355. The van der Waals surface area contributed by atoms with E-state index < -0.39 is 4.92 Å². The molecular formula is C19H18N4O4S. The van der Waals surface area contributed by atoms with E-state index in [1.165, 1.54) is 23.5 Å². The summed E-state index contributed by atoms with van der Waals surface area (Å²) in [6.45, 7) is 1.87. The van der Waals surface area contributed by atoms with Gasteiger partial charge in [0.1, 0.15) is 0 Å². The van der Waals surface area contributed by atoms with E-state index in [1.807, 2.05) is 30.5 Å². The first-order valence-corrected chi connectivity index (χ1v) is 9.13. The van der Waals surface area contributed by atoms with Gasteiger partial charge in [-0.3, -0.25) is 15.5 Å². The molecule has 0 saturated carbocycles. The van der Waals surface area contributed by atoms with Crippen molar-refractivity contribution in [2.75, 3.05) is 19.6 Å². The summed E-state index contributed by atoms with van der Waals surface area (Å²) in [6.07, 6.45) is 0. The van der Waals surface area contributed by atoms with Gasteiger partial charge in [-0.15, -0.1) is 11.3 Å². The molecule has 2 aromatic carbocycles. The monoisotopic (exact) mass is 398 g/mol. The van der Waals surface area contributed by atoms with E-state index in [1.54, 1.807) is 26.4 Å². The maximum atomic E-state index is 10.7. The van der Waals surface area contributed by atoms with Crippen molar-refractivity contribution in [1.29, 1.82) is 0 Å². The molecule has 1 N–H and O–H groups in total. The van der Waals surface area contributed by atoms with Crippen LogP contribution in [0.1, 0.15) is 12.5 Å². The second kappa shape index (κ2) is 8.49. The van der Waals surface area contributed by atoms with Gasteiger partial charge in [0, 0.05) is 28.6 Å². The summed E-state index contributed by atoms with van der Waals surface area (Å²) >= 11 is 1.40. The van der Waals surface area contributed by atoms with E-state index in [0.29, 0.717) is 16.6 Å². The summed E-state index contributed by atoms with van der Waals surface area (Å²) in [5.74, 6) is 1.28. The van der Waals surface area contributed by atoms with Crippen molar-refractivity contribution in [1.82, 2.24) is 4.98 Å². The molecule has 0 bridgehead atoms. The molecule has 0 amide bonds. The molecule has 1 heterocycles. The van der Waals surface area contributed by atoms with Crippen LogP contribution in [0, 0.1) is 10.1 Å². The molecule has 0 spiro atoms. The molecule has 0 aliphatic heterocycles. The third kappa shape index (κ3) is 4.26. The Hall–Kier alpha value is -3.46. The van der Waals surface area contributed by atoms with Gasteiger partial charge in [-0.1, -0.05) is 0 Å². The Morgan fingerprint density at radius 2 is 1.86 bits per heavy atom. The lowest BCUT2D eigenvalue weighted by Gasteiger charge is -2.09. The third-order valence-corrected chi connectivity index (χ3v) is 4.75. The van der Waals surface area contributed by atoms with Gasteiger partial charge in [0.25, 0.3) is 5.69 Å². The van der Waals surface area contributed by atoms with E-state index in [-0.39, 0.29) is 5.69 Å². The van der Waals surface area contributed by atoms with Gasteiger partial charge in [0.2, 0.25) is 5.13 Å². The minimum Gasteiger partial charge on any atom is -0.493 e. The molecule has 8 nitrogen and oxygen atoms in total. The predicted octanol–water partition coefficient (Wildman–Crippen LogP) is 4.57. The van der Waals surface area contributed by atoms with Crippen LogP contribution in [0.15, 0.2) is 52.9 Å². The second-order valence-corrected chi connectivity index (χ2v) is 6.58. The SMILES string of the molecule is COc1ccc(/C(C)=N\Nc2nc(-c3ccc([N+](=O)[O-])cc3)cs2)cc1OC. The van der Waals surface area contributed by atoms with Gasteiger partial charge >= 0.3 is 0 Å². The number of nitro groups is 1. The molecule has 0 atom stereocenters. The number of nitrogens with one attached hydrogen (secondary N) is 1. The number of anilines is 1. The number of hydrogen-bond acceptors (Lipinski definition) is 8. The topological polar surface area (TPSA) is 98.9 Å². The molecule has 9 heteroatoms. The number of aromatic nitrogens is 1. The number of benzene rings is 2. The summed E-state index contributed by atoms with van der Waals surface area (Å²) < 4.78 is 10.6. The number of non-ortho nitro benzene ring substituents is 1. The zero-order chi connectivity index (χ0) is 20.1. The number of thiazole rings is 1. The second-order valence-electron chi connectivity index (χ2n) is 5.72. The van der Waals surface area contributed by atoms with E-state index in [9.17, 15) is 10.1 Å². The zero-order valence-electron chi connectivity index (χ0n) is 15.5. The van der Waals surface area contributed by atoms with Gasteiger partial charge in [-0.25, -0.2) is 4.98 Å². The maximum Gasteiger partial charge on any atom is 0.269 e. The number of rotatable bonds is 7. The highest BCUT2D eigenvalue weighted by Gasteiger charge is 2.09. The number of methoxy groups -OCH3 is 2. The standard InChI is InChI=1S/C19H18N4O4S/c1-12(14-6-9-17(26-2)18(10-14)27-3)21-22-19-20-16(11-28-19)13-4-7-15(8-5-13)23(24)25/h4-11H,1-3H3,(H,20,22)/b21-12-. The smallest absolute Gasteiger partial charge is 0.269 e. The summed E-state index contributed by atoms with van der Waals surface area (Å²) in [5, 5.41) is 17.6. The minimum atomic E-state index is -0.427. The van der Waals surface area contributed by atoms with E-state index in [0.717, 1.165) is 22.5 Å². The summed E-state index contributed by atoms with van der Waals surface area (Å²) in [5.41, 5.74) is 6.16. The Balaban J connectivity index is 1.73. The normalized spacial score (nSPS) is 11.2. The van der Waals surface area contributed by atoms with Gasteiger partial charge < -0.3 is 9.47 Å². The maximum absolute atomic E-state index is 10.7. The lowest BCUT2D eigenvalue weighted by atomic mass is 10.1. The Morgan fingerprint density at radius 3 is 2.50 bits per heavy atom. The lowest BCUT2D eigenvalue weighted by molar-refractivity contribution is -0.384. The fourth-order valence-electron chi connectivity index (χ4n) is 2.47. The number of hydrogen-bond donors (Lipinski definition) is 1. The highest BCUT2D eigenvalue weighted by Crippen LogP contribution is 2.28. The van der Waals surface area contributed by atoms with Crippen molar-refractivity contribution in [2.24, 2.45) is 5.10 Å². The zero-order valence-corrected chi connectivity index (χ0v) is 16.3. The molecule has 1 aromatic heterocycles. The summed E-state index contributed by atoms with van der Waals surface area (Å²) in [6, 6.07) is 11.8. The molecule has 3 aromatic rings. The Labute approximate surface area is 165 Å². The molecule has 0 fully saturated rings. The molecule has 0 saturated heterocycles. The molecule has 28 heavy (non-hydrogen) atoms. The van der Waals surface area contributed by atoms with Crippen LogP contribution < -0.4 is 14.9 Å². The number of nitro benzene ring substituents is 1. The Bertz CT molecular complexity index is 1020. The van der Waals surface area contributed by atoms with Crippen molar-refractivity contribution in [3.63, 3.8) is 0 Å². The third-order valence-electron chi connectivity index (χ3n) is 4.00. The van der Waals surface area contributed by atoms with E-state index >= 15 is 0 Å². The van der Waals surface area contributed by atoms with Crippen LogP contribution in [0.25, 0.3) is 11.3 Å². The summed E-state index contributed by atoms with van der Waals surface area (Å²) in [7, 11) is 3.17. The first-order chi connectivity index (χ1) is 13.5. The van der Waals surface area contributed by atoms with Crippen LogP contribution in [0.5, 0.6) is 11.5 Å². The van der Waals surface area contributed by atoms with Crippen molar-refractivity contribution in [3.05, 3.63) is 63.5 Å². The van der Waals surface area contributed by atoms with Crippen LogP contribution >= 0.6 is 11.3 Å². The average molecular weight is 398 g/mol. The molecule has 0 radical (unpaired) electrons.